The number of benzene rings is 1. The molecule has 0 saturated heterocycles. The lowest BCUT2D eigenvalue weighted by atomic mass is 9.99. The van der Waals surface area contributed by atoms with Gasteiger partial charge in [-0.3, -0.25) is 0 Å². The van der Waals surface area contributed by atoms with Gasteiger partial charge in [0.2, 0.25) is 0 Å². The van der Waals surface area contributed by atoms with Crippen molar-refractivity contribution in [2.75, 3.05) is 0 Å². The smallest absolute Gasteiger partial charge is 0.174 e. The molecule has 0 spiro atoms. The average Bonchev–Trinajstić information content (AvgIpc) is 2.54. The summed E-state index contributed by atoms with van der Waals surface area (Å²) in [6, 6.07) is 17.1. The highest BCUT2D eigenvalue weighted by Crippen LogP contribution is 2.16. The SMILES string of the molecule is Cc1cc(C)c(C[n+]2ccccc2)cc1C[n+]1ccccc1. The number of hydrogen-bond acceptors (Lipinski definition) is 0. The summed E-state index contributed by atoms with van der Waals surface area (Å²) in [6.45, 7) is 6.23. The van der Waals surface area contributed by atoms with Gasteiger partial charge in [0.15, 0.2) is 37.9 Å². The van der Waals surface area contributed by atoms with Gasteiger partial charge in [-0.25, -0.2) is 9.13 Å². The molecule has 2 nitrogen and oxygen atoms in total. The first-order chi connectivity index (χ1) is 10.7. The van der Waals surface area contributed by atoms with E-state index in [1.807, 2.05) is 0 Å². The van der Waals surface area contributed by atoms with Crippen LogP contribution in [0.3, 0.4) is 0 Å². The predicted octanol–water partition coefficient (Wildman–Crippen LogP) is 2.98. The first kappa shape index (κ1) is 14.5. The second-order valence-electron chi connectivity index (χ2n) is 5.80. The Balaban J connectivity index is 1.90. The van der Waals surface area contributed by atoms with Crippen LogP contribution < -0.4 is 9.13 Å². The number of rotatable bonds is 4. The largest absolute Gasteiger partial charge is 0.201 e. The fourth-order valence-electron chi connectivity index (χ4n) is 2.76. The fourth-order valence-corrected chi connectivity index (χ4v) is 2.76. The molecule has 0 saturated carbocycles. The van der Waals surface area contributed by atoms with Gasteiger partial charge in [0.25, 0.3) is 0 Å². The molecule has 2 aromatic heterocycles. The Morgan fingerprint density at radius 2 is 1.00 bits per heavy atom. The molecule has 22 heavy (non-hydrogen) atoms. The molecule has 1 aromatic carbocycles. The quantitative estimate of drug-likeness (QED) is 0.653. The van der Waals surface area contributed by atoms with Gasteiger partial charge < -0.3 is 0 Å². The van der Waals surface area contributed by atoms with Crippen molar-refractivity contribution in [1.82, 2.24) is 0 Å². The maximum absolute atomic E-state index is 2.35. The van der Waals surface area contributed by atoms with E-state index in [0.29, 0.717) is 0 Å². The lowest BCUT2D eigenvalue weighted by Crippen LogP contribution is -2.35. The molecular weight excluding hydrogens is 268 g/mol. The van der Waals surface area contributed by atoms with Crippen molar-refractivity contribution in [2.45, 2.75) is 26.9 Å². The highest BCUT2D eigenvalue weighted by atomic mass is 14.9. The van der Waals surface area contributed by atoms with Gasteiger partial charge in [-0.2, -0.15) is 0 Å². The summed E-state index contributed by atoms with van der Waals surface area (Å²) in [4.78, 5) is 0. The monoisotopic (exact) mass is 290 g/mol. The molecule has 0 radical (unpaired) electrons. The molecule has 0 aliphatic rings. The van der Waals surface area contributed by atoms with Crippen LogP contribution in [0.15, 0.2) is 73.3 Å². The van der Waals surface area contributed by atoms with Crippen LogP contribution in [0.1, 0.15) is 22.3 Å². The molecule has 0 amide bonds. The molecule has 3 aromatic rings. The summed E-state index contributed by atoms with van der Waals surface area (Å²) in [6.07, 6.45) is 8.46. The number of nitrogens with zero attached hydrogens (tertiary/aromatic N) is 2. The number of pyridine rings is 2. The third-order valence-corrected chi connectivity index (χ3v) is 4.05. The number of aromatic nitrogens is 2. The fraction of sp³-hybridized carbons (Fsp3) is 0.200. The molecule has 0 atom stereocenters. The van der Waals surface area contributed by atoms with Crippen LogP contribution in [-0.2, 0) is 13.1 Å². The van der Waals surface area contributed by atoms with Gasteiger partial charge in [-0.05, 0) is 31.0 Å². The standard InChI is InChI=1S/C20H22N2/c1-17-13-18(2)20(16-22-11-7-4-8-12-22)14-19(17)15-21-9-5-3-6-10-21/h3-14H,15-16H2,1-2H3/q+2. The van der Waals surface area contributed by atoms with Gasteiger partial charge in [0.05, 0.1) is 0 Å². The van der Waals surface area contributed by atoms with E-state index in [9.17, 15) is 0 Å². The Morgan fingerprint density at radius 3 is 1.41 bits per heavy atom. The van der Waals surface area contributed by atoms with Crippen molar-refractivity contribution >= 4 is 0 Å². The van der Waals surface area contributed by atoms with Gasteiger partial charge in [0.1, 0.15) is 0 Å². The zero-order valence-corrected chi connectivity index (χ0v) is 13.2. The topological polar surface area (TPSA) is 7.76 Å². The Kier molecular flexibility index (Phi) is 4.29. The van der Waals surface area contributed by atoms with Crippen molar-refractivity contribution in [3.8, 4) is 0 Å². The molecule has 2 heterocycles. The van der Waals surface area contributed by atoms with Crippen LogP contribution in [-0.4, -0.2) is 0 Å². The molecule has 0 fully saturated rings. The minimum atomic E-state index is 0.916. The van der Waals surface area contributed by atoms with Crippen LogP contribution in [0.5, 0.6) is 0 Å². The zero-order chi connectivity index (χ0) is 15.4. The molecule has 0 bridgehead atoms. The minimum absolute atomic E-state index is 0.916. The molecule has 0 unspecified atom stereocenters. The highest BCUT2D eigenvalue weighted by molar-refractivity contribution is 5.36. The number of hydrogen-bond donors (Lipinski definition) is 0. The summed E-state index contributed by atoms with van der Waals surface area (Å²) in [5.74, 6) is 0. The minimum Gasteiger partial charge on any atom is -0.201 e. The second kappa shape index (κ2) is 6.52. The van der Waals surface area contributed by atoms with Crippen molar-refractivity contribution < 1.29 is 9.13 Å². The maximum Gasteiger partial charge on any atom is 0.174 e. The van der Waals surface area contributed by atoms with E-state index >= 15 is 0 Å². The lowest BCUT2D eigenvalue weighted by molar-refractivity contribution is -0.689. The molecule has 0 aliphatic heterocycles. The van der Waals surface area contributed by atoms with E-state index in [1.54, 1.807) is 0 Å². The van der Waals surface area contributed by atoms with E-state index < -0.39 is 0 Å². The number of aryl methyl sites for hydroxylation is 2. The van der Waals surface area contributed by atoms with Gasteiger partial charge >= 0.3 is 0 Å². The van der Waals surface area contributed by atoms with Crippen LogP contribution in [0, 0.1) is 13.8 Å². The second-order valence-corrected chi connectivity index (χ2v) is 5.80. The van der Waals surface area contributed by atoms with Gasteiger partial charge in [0, 0.05) is 35.4 Å². The summed E-state index contributed by atoms with van der Waals surface area (Å²) in [5, 5.41) is 0. The average molecular weight is 290 g/mol. The zero-order valence-electron chi connectivity index (χ0n) is 13.2. The third kappa shape index (κ3) is 3.40. The molecule has 0 N–H and O–H groups in total. The Morgan fingerprint density at radius 1 is 0.591 bits per heavy atom. The molecule has 2 heteroatoms. The molecule has 110 valence electrons. The lowest BCUT2D eigenvalue weighted by Gasteiger charge is -2.09. The summed E-state index contributed by atoms with van der Waals surface area (Å²) in [5.41, 5.74) is 5.48. The summed E-state index contributed by atoms with van der Waals surface area (Å²) < 4.78 is 4.44. The summed E-state index contributed by atoms with van der Waals surface area (Å²) >= 11 is 0. The van der Waals surface area contributed by atoms with Gasteiger partial charge in [-0.1, -0.05) is 18.2 Å². The van der Waals surface area contributed by atoms with Crippen LogP contribution in [0.2, 0.25) is 0 Å². The third-order valence-electron chi connectivity index (χ3n) is 4.05. The van der Waals surface area contributed by atoms with Crippen molar-refractivity contribution in [3.63, 3.8) is 0 Å². The van der Waals surface area contributed by atoms with Crippen molar-refractivity contribution in [3.05, 3.63) is 95.6 Å². The Bertz CT molecular complexity index is 687. The van der Waals surface area contributed by atoms with E-state index in [-0.39, 0.29) is 0 Å². The molecule has 0 aliphatic carbocycles. The van der Waals surface area contributed by atoms with E-state index in [2.05, 4.69) is 96.3 Å². The normalized spacial score (nSPS) is 10.6. The van der Waals surface area contributed by atoms with Gasteiger partial charge in [-0.15, -0.1) is 0 Å². The van der Waals surface area contributed by atoms with Crippen molar-refractivity contribution in [2.24, 2.45) is 0 Å². The van der Waals surface area contributed by atoms with Crippen LogP contribution in [0.4, 0.5) is 0 Å². The van der Waals surface area contributed by atoms with E-state index in [1.165, 1.54) is 22.3 Å². The molecular formula is C20H22N2+2. The van der Waals surface area contributed by atoms with Crippen LogP contribution in [0.25, 0.3) is 0 Å². The Hall–Kier alpha value is -2.48. The van der Waals surface area contributed by atoms with E-state index in [4.69, 9.17) is 0 Å². The predicted molar refractivity (Wildman–Crippen MR) is 87.4 cm³/mol. The summed E-state index contributed by atoms with van der Waals surface area (Å²) in [7, 11) is 0. The van der Waals surface area contributed by atoms with E-state index in [0.717, 1.165) is 13.1 Å². The first-order valence-corrected chi connectivity index (χ1v) is 7.69. The first-order valence-electron chi connectivity index (χ1n) is 7.69. The van der Waals surface area contributed by atoms with Crippen LogP contribution >= 0.6 is 0 Å². The maximum atomic E-state index is 2.35. The van der Waals surface area contributed by atoms with Crippen molar-refractivity contribution in [1.29, 1.82) is 0 Å². The Labute approximate surface area is 132 Å². The highest BCUT2D eigenvalue weighted by Gasteiger charge is 2.11. The molecule has 3 rings (SSSR count).